The summed E-state index contributed by atoms with van der Waals surface area (Å²) in [6.07, 6.45) is -7.34. The number of ether oxygens (including phenoxy) is 1. The van der Waals surface area contributed by atoms with E-state index in [2.05, 4.69) is 14.8 Å². The fourth-order valence-corrected chi connectivity index (χ4v) is 1.30. The molecule has 5 nitrogen and oxygen atoms in total. The van der Waals surface area contributed by atoms with Crippen molar-refractivity contribution in [1.29, 1.82) is 0 Å². The fourth-order valence-electron chi connectivity index (χ4n) is 1.30. The summed E-state index contributed by atoms with van der Waals surface area (Å²) in [5.41, 5.74) is -0.245. The molecule has 0 amide bonds. The van der Waals surface area contributed by atoms with Crippen molar-refractivity contribution in [3.05, 3.63) is 41.1 Å². The molecule has 1 N–H and O–H groups in total. The summed E-state index contributed by atoms with van der Waals surface area (Å²) in [6.45, 7) is 0. The predicted molar refractivity (Wildman–Crippen MR) is 55.8 cm³/mol. The minimum atomic E-state index is -4.56. The van der Waals surface area contributed by atoms with Crippen LogP contribution in [0.4, 0.5) is 17.6 Å². The van der Waals surface area contributed by atoms with Crippen molar-refractivity contribution < 1.29 is 22.3 Å². The third-order valence-corrected chi connectivity index (χ3v) is 2.14. The van der Waals surface area contributed by atoms with Crippen LogP contribution in [0.5, 0.6) is 5.75 Å². The molecule has 0 atom stereocenters. The highest BCUT2D eigenvalue weighted by molar-refractivity contribution is 5.36. The summed E-state index contributed by atoms with van der Waals surface area (Å²) < 4.78 is 53.9. The number of nitrogens with zero attached hydrogens (tertiary/aromatic N) is 2. The lowest BCUT2D eigenvalue weighted by atomic mass is 10.3. The summed E-state index contributed by atoms with van der Waals surface area (Å²) in [7, 11) is 0. The molecule has 0 aliphatic carbocycles. The molecule has 0 radical (unpaired) electrons. The Morgan fingerprint density at radius 2 is 1.89 bits per heavy atom. The number of hydrogen-bond acceptors (Lipinski definition) is 3. The Balaban J connectivity index is 2.20. The molecule has 2 aromatic rings. The van der Waals surface area contributed by atoms with Gasteiger partial charge in [0.2, 0.25) is 0 Å². The van der Waals surface area contributed by atoms with E-state index in [-0.39, 0.29) is 5.69 Å². The van der Waals surface area contributed by atoms with Crippen LogP contribution >= 0.6 is 0 Å². The maximum Gasteiger partial charge on any atom is 0.461 e. The van der Waals surface area contributed by atoms with Crippen molar-refractivity contribution in [2.24, 2.45) is 0 Å². The fraction of sp³-hybridized carbons (Fsp3) is 0.200. The van der Waals surface area contributed by atoms with Gasteiger partial charge < -0.3 is 4.74 Å². The Labute approximate surface area is 103 Å². The van der Waals surface area contributed by atoms with Crippen molar-refractivity contribution >= 4 is 0 Å². The Morgan fingerprint density at radius 1 is 1.26 bits per heavy atom. The molecule has 0 fully saturated rings. The first kappa shape index (κ1) is 13.1. The summed E-state index contributed by atoms with van der Waals surface area (Å²) in [5, 5.41) is 3.66. The van der Waals surface area contributed by atoms with Crippen molar-refractivity contribution in [1.82, 2.24) is 14.8 Å². The number of alkyl halides is 4. The Hall–Kier alpha value is -2.32. The number of aromatic nitrogens is 3. The van der Waals surface area contributed by atoms with E-state index in [0.29, 0.717) is 0 Å². The van der Waals surface area contributed by atoms with Gasteiger partial charge in [0, 0.05) is 0 Å². The zero-order valence-electron chi connectivity index (χ0n) is 9.19. The summed E-state index contributed by atoms with van der Waals surface area (Å²) >= 11 is 0. The molecule has 0 saturated heterocycles. The first-order valence-electron chi connectivity index (χ1n) is 4.98. The zero-order chi connectivity index (χ0) is 14.0. The second-order valence-corrected chi connectivity index (χ2v) is 3.46. The van der Waals surface area contributed by atoms with Gasteiger partial charge in [-0.1, -0.05) is 0 Å². The van der Waals surface area contributed by atoms with Crippen molar-refractivity contribution in [2.45, 2.75) is 12.5 Å². The molecule has 0 bridgehead atoms. The van der Waals surface area contributed by atoms with Gasteiger partial charge >= 0.3 is 18.2 Å². The number of aromatic amines is 1. The molecule has 1 aromatic heterocycles. The Morgan fingerprint density at radius 3 is 2.37 bits per heavy atom. The number of benzene rings is 1. The number of halogens is 4. The number of H-pyrrole nitrogens is 1. The highest BCUT2D eigenvalue weighted by Gasteiger charge is 2.43. The van der Waals surface area contributed by atoms with Gasteiger partial charge in [-0.15, -0.1) is 0 Å². The van der Waals surface area contributed by atoms with Crippen LogP contribution in [0.25, 0.3) is 5.69 Å². The maximum atomic E-state index is 12.6. The van der Waals surface area contributed by atoms with Gasteiger partial charge in [-0.05, 0) is 24.3 Å². The average molecular weight is 277 g/mol. The molecule has 2 rings (SSSR count). The van der Waals surface area contributed by atoms with Crippen LogP contribution in [0.1, 0.15) is 0 Å². The highest BCUT2D eigenvalue weighted by Crippen LogP contribution is 2.27. The predicted octanol–water partition coefficient (Wildman–Crippen LogP) is 1.80. The van der Waals surface area contributed by atoms with Crippen molar-refractivity contribution in [2.75, 3.05) is 0 Å². The van der Waals surface area contributed by atoms with E-state index in [1.807, 2.05) is 0 Å². The van der Waals surface area contributed by atoms with Gasteiger partial charge in [0.1, 0.15) is 12.1 Å². The van der Waals surface area contributed by atoms with E-state index in [1.165, 1.54) is 12.1 Å². The zero-order valence-corrected chi connectivity index (χ0v) is 9.19. The Bertz CT molecular complexity index is 606. The second-order valence-electron chi connectivity index (χ2n) is 3.46. The molecule has 9 heteroatoms. The van der Waals surface area contributed by atoms with Crippen LogP contribution in [-0.2, 0) is 0 Å². The monoisotopic (exact) mass is 277 g/mol. The molecule has 0 saturated carbocycles. The van der Waals surface area contributed by atoms with Gasteiger partial charge in [0.15, 0.2) is 0 Å². The second kappa shape index (κ2) is 4.75. The van der Waals surface area contributed by atoms with E-state index in [1.54, 1.807) is 0 Å². The van der Waals surface area contributed by atoms with Gasteiger partial charge in [-0.25, -0.2) is 4.79 Å². The summed E-state index contributed by atoms with van der Waals surface area (Å²) in [5.74, 6) is -0.447. The van der Waals surface area contributed by atoms with E-state index in [9.17, 15) is 22.4 Å². The van der Waals surface area contributed by atoms with Crippen LogP contribution in [0.15, 0.2) is 35.4 Å². The molecule has 1 aromatic carbocycles. The molecule has 102 valence electrons. The molecule has 0 aliphatic heterocycles. The summed E-state index contributed by atoms with van der Waals surface area (Å²) in [4.78, 5) is 13.5. The molecule has 0 spiro atoms. The molecule has 19 heavy (non-hydrogen) atoms. The normalized spacial score (nSPS) is 11.8. The number of nitrogens with one attached hydrogen (secondary N) is 1. The molecule has 1 heterocycles. The largest absolute Gasteiger partial charge is 0.461 e. The van der Waals surface area contributed by atoms with Crippen LogP contribution in [-0.4, -0.2) is 27.3 Å². The van der Waals surface area contributed by atoms with Crippen LogP contribution < -0.4 is 10.4 Å². The quantitative estimate of drug-likeness (QED) is 0.867. The third kappa shape index (κ3) is 2.75. The minimum Gasteiger partial charge on any atom is -0.428 e. The Kier molecular flexibility index (Phi) is 3.28. The smallest absolute Gasteiger partial charge is 0.428 e. The van der Waals surface area contributed by atoms with E-state index < -0.39 is 24.0 Å². The van der Waals surface area contributed by atoms with Crippen LogP contribution in [0.2, 0.25) is 0 Å². The molecule has 0 aliphatic rings. The lowest BCUT2D eigenvalue weighted by molar-refractivity contribution is -0.253. The number of hydrogen-bond donors (Lipinski definition) is 1. The first-order valence-corrected chi connectivity index (χ1v) is 4.98. The molecular weight excluding hydrogens is 270 g/mol. The van der Waals surface area contributed by atoms with Gasteiger partial charge in [0.05, 0.1) is 5.69 Å². The lowest BCUT2D eigenvalue weighted by Gasteiger charge is -2.16. The van der Waals surface area contributed by atoms with Gasteiger partial charge in [-0.2, -0.15) is 27.3 Å². The average Bonchev–Trinajstić information content (AvgIpc) is 2.76. The van der Waals surface area contributed by atoms with E-state index in [4.69, 9.17) is 0 Å². The van der Waals surface area contributed by atoms with Crippen molar-refractivity contribution in [3.8, 4) is 11.4 Å². The highest BCUT2D eigenvalue weighted by atomic mass is 19.3. The van der Waals surface area contributed by atoms with Gasteiger partial charge in [-0.3, -0.25) is 4.98 Å². The van der Waals surface area contributed by atoms with Crippen molar-refractivity contribution in [3.63, 3.8) is 0 Å². The third-order valence-electron chi connectivity index (χ3n) is 2.14. The summed E-state index contributed by atoms with van der Waals surface area (Å²) in [6, 6.07) is 4.54. The molecule has 0 unspecified atom stereocenters. The number of rotatable bonds is 4. The van der Waals surface area contributed by atoms with E-state index >= 15 is 0 Å². The van der Waals surface area contributed by atoms with Crippen LogP contribution in [0, 0.1) is 0 Å². The maximum absolute atomic E-state index is 12.6. The van der Waals surface area contributed by atoms with Crippen LogP contribution in [0.3, 0.4) is 0 Å². The van der Waals surface area contributed by atoms with Gasteiger partial charge in [0.25, 0.3) is 0 Å². The minimum absolute atomic E-state index is 0.277. The SMILES string of the molecule is O=c1[nH]cnn1-c1ccc(OC(F)(F)C(F)F)cc1. The molecular formula is C10H7F4N3O2. The standard InChI is InChI=1S/C10H7F4N3O2/c11-8(12)10(13,14)19-7-3-1-6(2-4-7)17-9(18)15-5-16-17/h1-5,8H,(H,15,16,18). The lowest BCUT2D eigenvalue weighted by Crippen LogP contribution is -2.33. The first-order chi connectivity index (χ1) is 8.90. The topological polar surface area (TPSA) is 59.9 Å². The van der Waals surface area contributed by atoms with E-state index in [0.717, 1.165) is 23.1 Å².